The molecule has 1 N–H and O–H groups in total. The van der Waals surface area contributed by atoms with Crippen molar-refractivity contribution in [2.45, 2.75) is 64.6 Å². The molecule has 0 aliphatic heterocycles. The maximum absolute atomic E-state index is 14.1. The van der Waals surface area contributed by atoms with Crippen molar-refractivity contribution in [2.75, 3.05) is 17.5 Å². The number of benzene rings is 3. The number of halogens is 1. The molecule has 0 aromatic heterocycles. The van der Waals surface area contributed by atoms with Crippen molar-refractivity contribution in [1.29, 1.82) is 0 Å². The van der Waals surface area contributed by atoms with E-state index in [0.717, 1.165) is 27.6 Å². The number of ether oxygens (including phenoxy) is 1. The first-order valence-corrected chi connectivity index (χ1v) is 15.1. The molecule has 0 saturated carbocycles. The molecule has 0 bridgehead atoms. The fraction of sp³-hybridized carbons (Fsp3) is 0.355. The summed E-state index contributed by atoms with van der Waals surface area (Å²) in [6, 6.07) is 17.3. The summed E-state index contributed by atoms with van der Waals surface area (Å²) < 4.78 is 48.0. The monoisotopic (exact) mass is 583 g/mol. The molecule has 0 fully saturated rings. The predicted molar refractivity (Wildman–Crippen MR) is 158 cm³/mol. The average molecular weight is 584 g/mol. The zero-order chi connectivity index (χ0) is 30.2. The van der Waals surface area contributed by atoms with Crippen LogP contribution in [0.4, 0.5) is 10.1 Å². The second-order valence-corrected chi connectivity index (χ2v) is 11.8. The lowest BCUT2D eigenvalue weighted by Crippen LogP contribution is -2.53. The lowest BCUT2D eigenvalue weighted by molar-refractivity contribution is -0.140. The van der Waals surface area contributed by atoms with Gasteiger partial charge in [-0.3, -0.25) is 13.9 Å². The number of nitrogens with zero attached hydrogens (tertiary/aromatic N) is 2. The second kappa shape index (κ2) is 14.1. The fourth-order valence-corrected chi connectivity index (χ4v) is 5.82. The molecule has 3 aromatic rings. The third kappa shape index (κ3) is 8.07. The fourth-order valence-electron chi connectivity index (χ4n) is 4.41. The van der Waals surface area contributed by atoms with Crippen molar-refractivity contribution < 1.29 is 27.1 Å². The Hall–Kier alpha value is -3.92. The van der Waals surface area contributed by atoms with E-state index in [1.54, 1.807) is 6.92 Å². The average Bonchev–Trinajstić information content (AvgIpc) is 2.93. The number of carbonyl (C=O) groups is 2. The van der Waals surface area contributed by atoms with Gasteiger partial charge in [-0.25, -0.2) is 12.8 Å². The van der Waals surface area contributed by atoms with Crippen LogP contribution in [-0.4, -0.2) is 50.4 Å². The summed E-state index contributed by atoms with van der Waals surface area (Å²) in [5, 5.41) is 2.87. The summed E-state index contributed by atoms with van der Waals surface area (Å²) in [6.45, 7) is 9.12. The molecule has 10 heteroatoms. The van der Waals surface area contributed by atoms with Crippen molar-refractivity contribution >= 4 is 27.5 Å². The molecule has 0 aliphatic rings. The number of hydrogen-bond donors (Lipinski definition) is 1. The van der Waals surface area contributed by atoms with Crippen molar-refractivity contribution in [3.63, 3.8) is 0 Å². The van der Waals surface area contributed by atoms with Crippen LogP contribution in [0.5, 0.6) is 5.75 Å². The Labute approximate surface area is 242 Å². The Morgan fingerprint density at radius 2 is 1.59 bits per heavy atom. The molecule has 0 saturated heterocycles. The minimum absolute atomic E-state index is 0.0619. The first-order chi connectivity index (χ1) is 19.5. The number of rotatable bonds is 13. The van der Waals surface area contributed by atoms with Gasteiger partial charge in [0.25, 0.3) is 10.0 Å². The van der Waals surface area contributed by atoms with Crippen LogP contribution in [0.25, 0.3) is 0 Å². The molecule has 8 nitrogen and oxygen atoms in total. The zero-order valence-corrected chi connectivity index (χ0v) is 24.9. The van der Waals surface area contributed by atoms with Crippen LogP contribution in [0.15, 0.2) is 77.7 Å². The zero-order valence-electron chi connectivity index (χ0n) is 24.1. The lowest BCUT2D eigenvalue weighted by Gasteiger charge is -2.34. The number of nitrogens with one attached hydrogen (secondary N) is 1. The minimum atomic E-state index is -4.27. The molecule has 41 heavy (non-hydrogen) atoms. The van der Waals surface area contributed by atoms with Crippen LogP contribution >= 0.6 is 0 Å². The standard InChI is InChI=1S/C31H38FN3O5S/c1-6-29(31(37)33-22(3)4)34(20-24-11-9-8-10-23(24)5)30(36)21-35(26-14-12-25(32)13-15-26)41(38,39)28-18-16-27(17-19-28)40-7-2/h8-19,22,29H,6-7,20-21H2,1-5H3,(H,33,37)/t29-/m0/s1. The van der Waals surface area contributed by atoms with Crippen LogP contribution < -0.4 is 14.4 Å². The largest absolute Gasteiger partial charge is 0.494 e. The van der Waals surface area contributed by atoms with E-state index in [1.165, 1.54) is 41.3 Å². The number of aryl methyl sites for hydroxylation is 1. The Bertz CT molecular complexity index is 1430. The summed E-state index contributed by atoms with van der Waals surface area (Å²) in [6.07, 6.45) is 0.318. The first-order valence-electron chi connectivity index (χ1n) is 13.6. The topological polar surface area (TPSA) is 96.0 Å². The molecule has 0 aliphatic carbocycles. The van der Waals surface area contributed by atoms with Crippen molar-refractivity contribution in [2.24, 2.45) is 0 Å². The van der Waals surface area contributed by atoms with Gasteiger partial charge >= 0.3 is 0 Å². The summed E-state index contributed by atoms with van der Waals surface area (Å²) in [4.78, 5) is 28.6. The Morgan fingerprint density at radius 1 is 0.951 bits per heavy atom. The van der Waals surface area contributed by atoms with E-state index in [4.69, 9.17) is 4.74 Å². The van der Waals surface area contributed by atoms with Gasteiger partial charge in [-0.05, 0) is 93.8 Å². The van der Waals surface area contributed by atoms with Crippen LogP contribution in [0.1, 0.15) is 45.2 Å². The first kappa shape index (κ1) is 31.6. The molecular formula is C31H38FN3O5S. The highest BCUT2D eigenvalue weighted by Gasteiger charge is 2.34. The molecular weight excluding hydrogens is 545 g/mol. The molecule has 2 amide bonds. The van der Waals surface area contributed by atoms with E-state index in [0.29, 0.717) is 18.8 Å². The lowest BCUT2D eigenvalue weighted by atomic mass is 10.1. The number of amides is 2. The second-order valence-electron chi connectivity index (χ2n) is 9.93. The van der Waals surface area contributed by atoms with Gasteiger partial charge in [0, 0.05) is 12.6 Å². The van der Waals surface area contributed by atoms with Gasteiger partial charge in [0.1, 0.15) is 24.2 Å². The molecule has 3 aromatic carbocycles. The molecule has 0 spiro atoms. The minimum Gasteiger partial charge on any atom is -0.494 e. The molecule has 0 unspecified atom stereocenters. The van der Waals surface area contributed by atoms with Gasteiger partial charge in [-0.15, -0.1) is 0 Å². The smallest absolute Gasteiger partial charge is 0.264 e. The molecule has 0 heterocycles. The van der Waals surface area contributed by atoms with Crippen LogP contribution in [0, 0.1) is 12.7 Å². The number of sulfonamides is 1. The molecule has 220 valence electrons. The van der Waals surface area contributed by atoms with Crippen molar-refractivity contribution in [3.8, 4) is 5.75 Å². The summed E-state index contributed by atoms with van der Waals surface area (Å²) >= 11 is 0. The maximum Gasteiger partial charge on any atom is 0.264 e. The van der Waals surface area contributed by atoms with Crippen LogP contribution in [0.3, 0.4) is 0 Å². The van der Waals surface area contributed by atoms with Gasteiger partial charge in [-0.1, -0.05) is 31.2 Å². The van der Waals surface area contributed by atoms with E-state index >= 15 is 0 Å². The van der Waals surface area contributed by atoms with E-state index < -0.39 is 34.3 Å². The maximum atomic E-state index is 14.1. The highest BCUT2D eigenvalue weighted by molar-refractivity contribution is 7.92. The van der Waals surface area contributed by atoms with E-state index in [1.807, 2.05) is 52.0 Å². The Balaban J connectivity index is 2.06. The highest BCUT2D eigenvalue weighted by Crippen LogP contribution is 2.26. The SMILES string of the molecule is CCOc1ccc(S(=O)(=O)N(CC(=O)N(Cc2ccccc2C)[C@@H](CC)C(=O)NC(C)C)c2ccc(F)cc2)cc1. The number of anilines is 1. The van der Waals surface area contributed by atoms with Gasteiger partial charge < -0.3 is 15.0 Å². The van der Waals surface area contributed by atoms with Crippen LogP contribution in [-0.2, 0) is 26.2 Å². The predicted octanol–water partition coefficient (Wildman–Crippen LogP) is 5.06. The highest BCUT2D eigenvalue weighted by atomic mass is 32.2. The third-order valence-electron chi connectivity index (χ3n) is 6.54. The molecule has 3 rings (SSSR count). The van der Waals surface area contributed by atoms with E-state index in [9.17, 15) is 22.4 Å². The summed E-state index contributed by atoms with van der Waals surface area (Å²) in [7, 11) is -4.27. The van der Waals surface area contributed by atoms with Crippen LogP contribution in [0.2, 0.25) is 0 Å². The van der Waals surface area contributed by atoms with E-state index in [-0.39, 0.29) is 29.1 Å². The van der Waals surface area contributed by atoms with E-state index in [2.05, 4.69) is 5.32 Å². The summed E-state index contributed by atoms with van der Waals surface area (Å²) in [5.74, 6) is -0.941. The van der Waals surface area contributed by atoms with Gasteiger partial charge in [0.15, 0.2) is 0 Å². The molecule has 0 radical (unpaired) electrons. The van der Waals surface area contributed by atoms with Crippen molar-refractivity contribution in [1.82, 2.24) is 10.2 Å². The van der Waals surface area contributed by atoms with Crippen molar-refractivity contribution in [3.05, 3.63) is 89.7 Å². The third-order valence-corrected chi connectivity index (χ3v) is 8.32. The van der Waals surface area contributed by atoms with Gasteiger partial charge in [0.05, 0.1) is 17.2 Å². The normalized spacial score (nSPS) is 12.1. The quantitative estimate of drug-likeness (QED) is 0.304. The van der Waals surface area contributed by atoms with Gasteiger partial charge in [0.2, 0.25) is 11.8 Å². The Morgan fingerprint density at radius 3 is 2.15 bits per heavy atom. The van der Waals surface area contributed by atoms with Gasteiger partial charge in [-0.2, -0.15) is 0 Å². The Kier molecular flexibility index (Phi) is 10.9. The molecule has 1 atom stereocenters. The number of carbonyl (C=O) groups excluding carboxylic acids is 2. The summed E-state index contributed by atoms with van der Waals surface area (Å²) in [5.41, 5.74) is 1.88. The number of hydrogen-bond acceptors (Lipinski definition) is 5.